The van der Waals surface area contributed by atoms with Gasteiger partial charge in [0.05, 0.1) is 28.7 Å². The van der Waals surface area contributed by atoms with E-state index in [1.54, 1.807) is 25.1 Å². The molecule has 0 bridgehead atoms. The van der Waals surface area contributed by atoms with E-state index >= 15 is 0 Å². The number of morpholine rings is 1. The van der Waals surface area contributed by atoms with Crippen molar-refractivity contribution >= 4 is 37.3 Å². The highest BCUT2D eigenvalue weighted by Crippen LogP contribution is 2.25. The Morgan fingerprint density at radius 2 is 1.49 bits per heavy atom. The molecule has 0 aromatic heterocycles. The monoisotopic (exact) mass is 543 g/mol. The minimum Gasteiger partial charge on any atom is -0.379 e. The van der Waals surface area contributed by atoms with E-state index in [0.29, 0.717) is 30.2 Å². The van der Waals surface area contributed by atoms with Crippen molar-refractivity contribution in [2.45, 2.75) is 30.6 Å². The fourth-order valence-electron chi connectivity index (χ4n) is 3.93. The van der Waals surface area contributed by atoms with Gasteiger partial charge < -0.3 is 10.1 Å². The molecule has 0 spiro atoms. The summed E-state index contributed by atoms with van der Waals surface area (Å²) in [5.41, 5.74) is 3.19. The third-order valence-corrected chi connectivity index (χ3v) is 9.52. The lowest BCUT2D eigenvalue weighted by Gasteiger charge is -2.26. The summed E-state index contributed by atoms with van der Waals surface area (Å²) in [6.07, 6.45) is 0. The number of amides is 1. The fraction of sp³-hybridized carbons (Fsp3) is 0.269. The van der Waals surface area contributed by atoms with Gasteiger partial charge in [0, 0.05) is 24.3 Å². The highest BCUT2D eigenvalue weighted by molar-refractivity contribution is 7.92. The molecule has 9 nitrogen and oxygen atoms in total. The van der Waals surface area contributed by atoms with Gasteiger partial charge in [0.1, 0.15) is 0 Å². The first-order chi connectivity index (χ1) is 17.5. The highest BCUT2D eigenvalue weighted by atomic mass is 32.2. The second-order valence-corrected chi connectivity index (χ2v) is 12.5. The van der Waals surface area contributed by atoms with Crippen molar-refractivity contribution < 1.29 is 26.4 Å². The molecule has 37 heavy (non-hydrogen) atoms. The third-order valence-electron chi connectivity index (χ3n) is 6.10. The average Bonchev–Trinajstić information content (AvgIpc) is 2.87. The van der Waals surface area contributed by atoms with Crippen molar-refractivity contribution in [2.24, 2.45) is 0 Å². The second-order valence-electron chi connectivity index (χ2n) is 8.90. The zero-order valence-electron chi connectivity index (χ0n) is 20.8. The van der Waals surface area contributed by atoms with E-state index in [0.717, 1.165) is 11.1 Å². The lowest BCUT2D eigenvalue weighted by atomic mass is 10.1. The number of aryl methyl sites for hydroxylation is 3. The number of nitrogens with zero attached hydrogens (tertiary/aromatic N) is 1. The third kappa shape index (κ3) is 6.02. The summed E-state index contributed by atoms with van der Waals surface area (Å²) in [6, 6.07) is 15.8. The van der Waals surface area contributed by atoms with Crippen LogP contribution in [0.3, 0.4) is 0 Å². The molecule has 0 saturated carbocycles. The maximum Gasteiger partial charge on any atom is 0.262 e. The van der Waals surface area contributed by atoms with Gasteiger partial charge in [-0.1, -0.05) is 18.2 Å². The van der Waals surface area contributed by atoms with Crippen LogP contribution in [-0.2, 0) is 24.8 Å². The molecule has 1 aliphatic rings. The predicted molar refractivity (Wildman–Crippen MR) is 142 cm³/mol. The number of hydrogen-bond donors (Lipinski definition) is 2. The molecule has 1 amide bonds. The predicted octanol–water partition coefficient (Wildman–Crippen LogP) is 3.69. The maximum absolute atomic E-state index is 13.2. The molecule has 1 fully saturated rings. The van der Waals surface area contributed by atoms with Gasteiger partial charge in [-0.05, 0) is 79.9 Å². The Bertz CT molecular complexity index is 1530. The van der Waals surface area contributed by atoms with Crippen LogP contribution in [0.1, 0.15) is 27.0 Å². The molecule has 0 aliphatic carbocycles. The van der Waals surface area contributed by atoms with Gasteiger partial charge in [-0.3, -0.25) is 9.52 Å². The van der Waals surface area contributed by atoms with Crippen molar-refractivity contribution in [3.05, 3.63) is 82.9 Å². The Morgan fingerprint density at radius 3 is 2.16 bits per heavy atom. The zero-order chi connectivity index (χ0) is 26.8. The molecule has 3 aromatic carbocycles. The van der Waals surface area contributed by atoms with Crippen molar-refractivity contribution in [3.8, 4) is 0 Å². The number of benzene rings is 3. The first-order valence-electron chi connectivity index (χ1n) is 11.7. The van der Waals surface area contributed by atoms with Gasteiger partial charge in [-0.15, -0.1) is 0 Å². The van der Waals surface area contributed by atoms with Crippen LogP contribution in [0.2, 0.25) is 0 Å². The quantitative estimate of drug-likeness (QED) is 0.469. The molecule has 1 aliphatic heterocycles. The van der Waals surface area contributed by atoms with E-state index in [2.05, 4.69) is 10.0 Å². The molecule has 3 aromatic rings. The van der Waals surface area contributed by atoms with E-state index in [1.807, 2.05) is 26.0 Å². The van der Waals surface area contributed by atoms with E-state index < -0.39 is 26.0 Å². The molecule has 1 heterocycles. The van der Waals surface area contributed by atoms with Gasteiger partial charge in [-0.25, -0.2) is 16.8 Å². The lowest BCUT2D eigenvalue weighted by Crippen LogP contribution is -2.40. The molecule has 11 heteroatoms. The smallest absolute Gasteiger partial charge is 0.262 e. The number of hydrogen-bond acceptors (Lipinski definition) is 6. The molecular formula is C26H29N3O6S2. The summed E-state index contributed by atoms with van der Waals surface area (Å²) < 4.78 is 61.1. The van der Waals surface area contributed by atoms with E-state index in [-0.39, 0.29) is 28.4 Å². The number of carbonyl (C=O) groups is 1. The standard InChI is InChI=1S/C26H29N3O6S2/c1-18-4-5-19(2)24(16-18)28-36(31,32)25-17-21(7-6-20(25)3)26(30)27-22-8-10-23(11-9-22)37(33,34)29-12-14-35-15-13-29/h4-11,16-17,28H,12-15H2,1-3H3,(H,27,30). The molecule has 0 unspecified atom stereocenters. The Labute approximate surface area is 217 Å². The van der Waals surface area contributed by atoms with Crippen LogP contribution in [-0.4, -0.2) is 53.4 Å². The first kappa shape index (κ1) is 26.8. The molecule has 0 atom stereocenters. The summed E-state index contributed by atoms with van der Waals surface area (Å²) in [5, 5.41) is 2.70. The summed E-state index contributed by atoms with van der Waals surface area (Å²) in [6.45, 7) is 6.62. The number of nitrogens with one attached hydrogen (secondary N) is 2. The first-order valence-corrected chi connectivity index (χ1v) is 14.6. The van der Waals surface area contributed by atoms with Gasteiger partial charge >= 0.3 is 0 Å². The van der Waals surface area contributed by atoms with Crippen LogP contribution >= 0.6 is 0 Å². The Balaban J connectivity index is 1.52. The molecule has 2 N–H and O–H groups in total. The van der Waals surface area contributed by atoms with Crippen molar-refractivity contribution in [1.29, 1.82) is 0 Å². The van der Waals surface area contributed by atoms with Crippen LogP contribution < -0.4 is 10.0 Å². The zero-order valence-corrected chi connectivity index (χ0v) is 22.4. The summed E-state index contributed by atoms with van der Waals surface area (Å²) in [5.74, 6) is -0.521. The van der Waals surface area contributed by atoms with E-state index in [4.69, 9.17) is 4.74 Å². The van der Waals surface area contributed by atoms with Crippen LogP contribution in [0.4, 0.5) is 11.4 Å². The lowest BCUT2D eigenvalue weighted by molar-refractivity contribution is 0.0730. The van der Waals surface area contributed by atoms with Gasteiger partial charge in [0.2, 0.25) is 10.0 Å². The average molecular weight is 544 g/mol. The summed E-state index contributed by atoms with van der Waals surface area (Å²) >= 11 is 0. The summed E-state index contributed by atoms with van der Waals surface area (Å²) in [7, 11) is -7.61. The molecular weight excluding hydrogens is 514 g/mol. The van der Waals surface area contributed by atoms with Crippen LogP contribution in [0.25, 0.3) is 0 Å². The van der Waals surface area contributed by atoms with Crippen molar-refractivity contribution in [1.82, 2.24) is 4.31 Å². The second kappa shape index (κ2) is 10.6. The molecule has 1 saturated heterocycles. The minimum absolute atomic E-state index is 0.00647. The number of rotatable bonds is 7. The van der Waals surface area contributed by atoms with Crippen molar-refractivity contribution in [3.63, 3.8) is 0 Å². The van der Waals surface area contributed by atoms with Crippen molar-refractivity contribution in [2.75, 3.05) is 36.3 Å². The fourth-order valence-corrected chi connectivity index (χ4v) is 6.73. The Hall–Kier alpha value is -3.25. The van der Waals surface area contributed by atoms with Gasteiger partial charge in [0.25, 0.3) is 15.9 Å². The van der Waals surface area contributed by atoms with Crippen LogP contribution in [0.15, 0.2) is 70.5 Å². The van der Waals surface area contributed by atoms with Crippen LogP contribution in [0, 0.1) is 20.8 Å². The Morgan fingerprint density at radius 1 is 0.838 bits per heavy atom. The maximum atomic E-state index is 13.2. The van der Waals surface area contributed by atoms with E-state index in [1.165, 1.54) is 34.6 Å². The topological polar surface area (TPSA) is 122 Å². The molecule has 196 valence electrons. The molecule has 4 rings (SSSR count). The van der Waals surface area contributed by atoms with E-state index in [9.17, 15) is 21.6 Å². The van der Waals surface area contributed by atoms with Crippen LogP contribution in [0.5, 0.6) is 0 Å². The number of sulfonamides is 2. The normalized spacial score (nSPS) is 14.8. The largest absolute Gasteiger partial charge is 0.379 e. The van der Waals surface area contributed by atoms with Gasteiger partial charge in [0.15, 0.2) is 0 Å². The SMILES string of the molecule is Cc1ccc(C)c(NS(=O)(=O)c2cc(C(=O)Nc3ccc(S(=O)(=O)N4CCOCC4)cc3)ccc2C)c1. The molecule has 0 radical (unpaired) electrons. The number of anilines is 2. The highest BCUT2D eigenvalue weighted by Gasteiger charge is 2.26. The number of ether oxygens (including phenoxy) is 1. The Kier molecular flexibility index (Phi) is 7.69. The summed E-state index contributed by atoms with van der Waals surface area (Å²) in [4.78, 5) is 13.0. The van der Waals surface area contributed by atoms with Gasteiger partial charge in [-0.2, -0.15) is 4.31 Å². The minimum atomic E-state index is -3.96. The number of carbonyl (C=O) groups excluding carboxylic acids is 1.